The van der Waals surface area contributed by atoms with Crippen LogP contribution >= 0.6 is 0 Å². The molecule has 0 bridgehead atoms. The SMILES string of the molecule is O=C(NCCc1ccccn1)c1cc(CO)ccc1-c1cc(-c2ccc(F)cc2)[nH]n1. The molecule has 4 aromatic rings. The second-order valence-corrected chi connectivity index (χ2v) is 7.04. The molecule has 0 saturated carbocycles. The van der Waals surface area contributed by atoms with E-state index in [1.54, 1.807) is 36.5 Å². The topological polar surface area (TPSA) is 90.9 Å². The van der Waals surface area contributed by atoms with Gasteiger partial charge in [-0.3, -0.25) is 14.9 Å². The molecular formula is C24H21FN4O2. The molecule has 4 rings (SSSR count). The van der Waals surface area contributed by atoms with Crippen LogP contribution in [0.15, 0.2) is 72.9 Å². The fourth-order valence-corrected chi connectivity index (χ4v) is 3.28. The van der Waals surface area contributed by atoms with Crippen molar-refractivity contribution in [2.75, 3.05) is 6.54 Å². The van der Waals surface area contributed by atoms with Crippen LogP contribution in [0.1, 0.15) is 21.6 Å². The highest BCUT2D eigenvalue weighted by molar-refractivity contribution is 6.00. The Kier molecular flexibility index (Phi) is 6.14. The average molecular weight is 416 g/mol. The number of hydrogen-bond donors (Lipinski definition) is 3. The molecule has 6 nitrogen and oxygen atoms in total. The zero-order valence-corrected chi connectivity index (χ0v) is 16.7. The molecule has 0 aliphatic carbocycles. The van der Waals surface area contributed by atoms with Crippen molar-refractivity contribution in [1.82, 2.24) is 20.5 Å². The van der Waals surface area contributed by atoms with Gasteiger partial charge in [0.25, 0.3) is 5.91 Å². The van der Waals surface area contributed by atoms with E-state index in [1.165, 1.54) is 12.1 Å². The Bertz CT molecular complexity index is 1170. The Labute approximate surface area is 178 Å². The number of aromatic nitrogens is 3. The van der Waals surface area contributed by atoms with Crippen molar-refractivity contribution in [3.63, 3.8) is 0 Å². The van der Waals surface area contributed by atoms with Crippen LogP contribution in [0.2, 0.25) is 0 Å². The van der Waals surface area contributed by atoms with E-state index >= 15 is 0 Å². The number of carbonyl (C=O) groups excluding carboxylic acids is 1. The molecule has 2 heterocycles. The molecule has 0 unspecified atom stereocenters. The van der Waals surface area contributed by atoms with Gasteiger partial charge < -0.3 is 10.4 Å². The van der Waals surface area contributed by atoms with Crippen molar-refractivity contribution in [3.8, 4) is 22.5 Å². The molecule has 0 fully saturated rings. The molecule has 0 atom stereocenters. The zero-order chi connectivity index (χ0) is 21.6. The Morgan fingerprint density at radius 1 is 1.06 bits per heavy atom. The third-order valence-electron chi connectivity index (χ3n) is 4.91. The summed E-state index contributed by atoms with van der Waals surface area (Å²) in [6, 6.07) is 18.7. The van der Waals surface area contributed by atoms with Crippen LogP contribution in [0.4, 0.5) is 4.39 Å². The lowest BCUT2D eigenvalue weighted by atomic mass is 10.00. The van der Waals surface area contributed by atoms with Gasteiger partial charge in [-0.25, -0.2) is 4.39 Å². The molecule has 0 spiro atoms. The number of aliphatic hydroxyl groups excluding tert-OH is 1. The largest absolute Gasteiger partial charge is 0.392 e. The second-order valence-electron chi connectivity index (χ2n) is 7.04. The Balaban J connectivity index is 1.57. The minimum Gasteiger partial charge on any atom is -0.392 e. The fourth-order valence-electron chi connectivity index (χ4n) is 3.28. The Morgan fingerprint density at radius 3 is 2.65 bits per heavy atom. The minimum absolute atomic E-state index is 0.171. The monoisotopic (exact) mass is 416 g/mol. The van der Waals surface area contributed by atoms with Gasteiger partial charge in [-0.05, 0) is 59.7 Å². The normalized spacial score (nSPS) is 10.8. The lowest BCUT2D eigenvalue weighted by Crippen LogP contribution is -2.26. The summed E-state index contributed by atoms with van der Waals surface area (Å²) in [6.45, 7) is 0.260. The number of carbonyl (C=O) groups is 1. The maximum Gasteiger partial charge on any atom is 0.251 e. The summed E-state index contributed by atoms with van der Waals surface area (Å²) in [5.74, 6) is -0.569. The van der Waals surface area contributed by atoms with Gasteiger partial charge in [0, 0.05) is 36.0 Å². The molecule has 31 heavy (non-hydrogen) atoms. The molecule has 0 saturated heterocycles. The lowest BCUT2D eigenvalue weighted by Gasteiger charge is -2.10. The molecule has 0 aliphatic heterocycles. The summed E-state index contributed by atoms with van der Waals surface area (Å²) in [4.78, 5) is 17.2. The molecule has 2 aromatic heterocycles. The van der Waals surface area contributed by atoms with Crippen molar-refractivity contribution in [1.29, 1.82) is 0 Å². The van der Waals surface area contributed by atoms with Crippen molar-refractivity contribution in [3.05, 3.63) is 95.6 Å². The number of halogens is 1. The van der Waals surface area contributed by atoms with Gasteiger partial charge in [-0.1, -0.05) is 18.2 Å². The zero-order valence-electron chi connectivity index (χ0n) is 16.7. The maximum absolute atomic E-state index is 13.2. The summed E-state index contributed by atoms with van der Waals surface area (Å²) in [7, 11) is 0. The predicted octanol–water partition coefficient (Wildman–Crippen LogP) is 3.74. The Morgan fingerprint density at radius 2 is 1.90 bits per heavy atom. The fraction of sp³-hybridized carbons (Fsp3) is 0.125. The van der Waals surface area contributed by atoms with Crippen LogP contribution in [0.5, 0.6) is 0 Å². The van der Waals surface area contributed by atoms with Crippen molar-refractivity contribution in [2.45, 2.75) is 13.0 Å². The highest BCUT2D eigenvalue weighted by atomic mass is 19.1. The summed E-state index contributed by atoms with van der Waals surface area (Å²) < 4.78 is 13.2. The smallest absolute Gasteiger partial charge is 0.251 e. The van der Waals surface area contributed by atoms with Crippen LogP contribution in [-0.2, 0) is 13.0 Å². The molecule has 0 radical (unpaired) electrons. The van der Waals surface area contributed by atoms with Crippen molar-refractivity contribution >= 4 is 5.91 Å². The minimum atomic E-state index is -0.312. The summed E-state index contributed by atoms with van der Waals surface area (Å²) in [6.07, 6.45) is 2.33. The number of aromatic amines is 1. The highest BCUT2D eigenvalue weighted by Crippen LogP contribution is 2.27. The van der Waals surface area contributed by atoms with Crippen molar-refractivity contribution < 1.29 is 14.3 Å². The van der Waals surface area contributed by atoms with Crippen molar-refractivity contribution in [2.24, 2.45) is 0 Å². The highest BCUT2D eigenvalue weighted by Gasteiger charge is 2.16. The molecule has 2 aromatic carbocycles. The summed E-state index contributed by atoms with van der Waals surface area (Å²) >= 11 is 0. The number of hydrogen-bond acceptors (Lipinski definition) is 4. The molecule has 7 heteroatoms. The molecular weight excluding hydrogens is 395 g/mol. The van der Waals surface area contributed by atoms with E-state index in [2.05, 4.69) is 20.5 Å². The van der Waals surface area contributed by atoms with Gasteiger partial charge in [0.05, 0.1) is 18.0 Å². The van der Waals surface area contributed by atoms with E-state index in [1.807, 2.05) is 24.3 Å². The van der Waals surface area contributed by atoms with Gasteiger partial charge in [-0.2, -0.15) is 5.10 Å². The number of nitrogens with one attached hydrogen (secondary N) is 2. The van der Waals surface area contributed by atoms with E-state index in [0.29, 0.717) is 41.0 Å². The number of nitrogens with zero attached hydrogens (tertiary/aromatic N) is 2. The first-order valence-electron chi connectivity index (χ1n) is 9.87. The van der Waals surface area contributed by atoms with E-state index in [4.69, 9.17) is 0 Å². The number of H-pyrrole nitrogens is 1. The van der Waals surface area contributed by atoms with Gasteiger partial charge in [-0.15, -0.1) is 0 Å². The third kappa shape index (κ3) is 4.84. The molecule has 3 N–H and O–H groups in total. The third-order valence-corrected chi connectivity index (χ3v) is 4.91. The van der Waals surface area contributed by atoms with Gasteiger partial charge in [0.2, 0.25) is 0 Å². The van der Waals surface area contributed by atoms with E-state index in [9.17, 15) is 14.3 Å². The van der Waals surface area contributed by atoms with E-state index in [-0.39, 0.29) is 18.3 Å². The first-order valence-corrected chi connectivity index (χ1v) is 9.87. The number of aliphatic hydroxyl groups is 1. The lowest BCUT2D eigenvalue weighted by molar-refractivity contribution is 0.0954. The maximum atomic E-state index is 13.2. The summed E-state index contributed by atoms with van der Waals surface area (Å²) in [5.41, 5.74) is 4.66. The van der Waals surface area contributed by atoms with Crippen LogP contribution in [0, 0.1) is 5.82 Å². The second kappa shape index (κ2) is 9.32. The van der Waals surface area contributed by atoms with E-state index < -0.39 is 0 Å². The van der Waals surface area contributed by atoms with Gasteiger partial charge in [0.15, 0.2) is 0 Å². The van der Waals surface area contributed by atoms with E-state index in [0.717, 1.165) is 11.3 Å². The molecule has 156 valence electrons. The predicted molar refractivity (Wildman–Crippen MR) is 116 cm³/mol. The quantitative estimate of drug-likeness (QED) is 0.428. The van der Waals surface area contributed by atoms with Crippen LogP contribution in [-0.4, -0.2) is 32.7 Å². The van der Waals surface area contributed by atoms with Crippen LogP contribution in [0.25, 0.3) is 22.5 Å². The molecule has 1 amide bonds. The Hall–Kier alpha value is -3.84. The number of pyridine rings is 1. The average Bonchev–Trinajstić information content (AvgIpc) is 3.30. The number of benzene rings is 2. The van der Waals surface area contributed by atoms with Gasteiger partial charge in [0.1, 0.15) is 5.82 Å². The first kappa shape index (κ1) is 20.4. The van der Waals surface area contributed by atoms with Gasteiger partial charge >= 0.3 is 0 Å². The standard InChI is InChI=1S/C24H21FN4O2/c25-18-7-5-17(6-8-18)22-14-23(29-28-22)20-9-4-16(15-30)13-21(20)24(31)27-12-10-19-3-1-2-11-26-19/h1-9,11,13-14,30H,10,12,15H2,(H,27,31)(H,28,29). The van der Waals surface area contributed by atoms with Crippen LogP contribution < -0.4 is 5.32 Å². The number of rotatable bonds is 7. The number of amides is 1. The van der Waals surface area contributed by atoms with Crippen LogP contribution in [0.3, 0.4) is 0 Å². The summed E-state index contributed by atoms with van der Waals surface area (Å²) in [5, 5.41) is 19.7. The first-order chi connectivity index (χ1) is 15.1. The molecule has 0 aliphatic rings.